The highest BCUT2D eigenvalue weighted by Gasteiger charge is 2.20. The second-order valence-corrected chi connectivity index (χ2v) is 3.76. The van der Waals surface area contributed by atoms with E-state index in [0.717, 1.165) is 13.0 Å². The Morgan fingerprint density at radius 2 is 2.00 bits per heavy atom. The van der Waals surface area contributed by atoms with E-state index in [9.17, 15) is 9.90 Å². The van der Waals surface area contributed by atoms with Gasteiger partial charge in [0.2, 0.25) is 0 Å². The van der Waals surface area contributed by atoms with E-state index in [1.165, 1.54) is 0 Å². The van der Waals surface area contributed by atoms with Crippen molar-refractivity contribution in [2.24, 2.45) is 0 Å². The van der Waals surface area contributed by atoms with Crippen molar-refractivity contribution in [3.8, 4) is 0 Å². The van der Waals surface area contributed by atoms with Crippen molar-refractivity contribution in [2.75, 3.05) is 19.7 Å². The van der Waals surface area contributed by atoms with Crippen LogP contribution in [0.25, 0.3) is 0 Å². The van der Waals surface area contributed by atoms with E-state index in [2.05, 4.69) is 0 Å². The Morgan fingerprint density at radius 3 is 2.40 bits per heavy atom. The number of carbonyl (C=O) groups excluding carboxylic acids is 1. The van der Waals surface area contributed by atoms with Crippen LogP contribution in [0.3, 0.4) is 0 Å². The Balaban J connectivity index is 4.20. The summed E-state index contributed by atoms with van der Waals surface area (Å²) < 4.78 is 4.89. The molecule has 0 amide bonds. The summed E-state index contributed by atoms with van der Waals surface area (Å²) in [5, 5.41) is 9.47. The fourth-order valence-corrected chi connectivity index (χ4v) is 1.39. The molecule has 0 aromatic rings. The van der Waals surface area contributed by atoms with Crippen LogP contribution in [0.2, 0.25) is 0 Å². The van der Waals surface area contributed by atoms with E-state index in [-0.39, 0.29) is 18.6 Å². The second-order valence-electron chi connectivity index (χ2n) is 3.76. The van der Waals surface area contributed by atoms with Crippen molar-refractivity contribution in [1.29, 1.82) is 0 Å². The molecule has 0 aromatic carbocycles. The van der Waals surface area contributed by atoms with Crippen molar-refractivity contribution in [2.45, 2.75) is 46.3 Å². The number of nitrogens with zero attached hydrogens (tertiary/aromatic N) is 1. The average molecular weight is 217 g/mol. The molecule has 0 aliphatic heterocycles. The van der Waals surface area contributed by atoms with Crippen LogP contribution in [-0.2, 0) is 9.53 Å². The van der Waals surface area contributed by atoms with Crippen molar-refractivity contribution in [1.82, 2.24) is 4.90 Å². The minimum absolute atomic E-state index is 0.0191. The lowest BCUT2D eigenvalue weighted by atomic mass is 10.1. The van der Waals surface area contributed by atoms with E-state index in [1.54, 1.807) is 13.8 Å². The zero-order valence-corrected chi connectivity index (χ0v) is 10.2. The number of carbonyl (C=O) groups is 1. The molecule has 90 valence electrons. The minimum atomic E-state index is -0.439. The number of aliphatic hydroxyl groups excluding tert-OH is 1. The van der Waals surface area contributed by atoms with Gasteiger partial charge in [-0.25, -0.2) is 0 Å². The largest absolute Gasteiger partial charge is 0.465 e. The molecule has 0 radical (unpaired) electrons. The number of hydrogen-bond acceptors (Lipinski definition) is 4. The van der Waals surface area contributed by atoms with Gasteiger partial charge in [0.1, 0.15) is 0 Å². The Kier molecular flexibility index (Phi) is 7.34. The molecule has 2 unspecified atom stereocenters. The van der Waals surface area contributed by atoms with Crippen LogP contribution in [0.15, 0.2) is 0 Å². The van der Waals surface area contributed by atoms with E-state index >= 15 is 0 Å². The Labute approximate surface area is 92.2 Å². The number of rotatable bonds is 7. The van der Waals surface area contributed by atoms with Crippen LogP contribution >= 0.6 is 0 Å². The van der Waals surface area contributed by atoms with Gasteiger partial charge in [0.25, 0.3) is 0 Å². The molecular formula is C11H23NO3. The SMILES string of the molecule is CCCN(CC(=O)OCC)C(C)C(C)O. The lowest BCUT2D eigenvalue weighted by Gasteiger charge is -2.29. The molecule has 15 heavy (non-hydrogen) atoms. The minimum Gasteiger partial charge on any atom is -0.465 e. The van der Waals surface area contributed by atoms with Crippen LogP contribution in [0.4, 0.5) is 0 Å². The highest BCUT2D eigenvalue weighted by atomic mass is 16.5. The van der Waals surface area contributed by atoms with Crippen molar-refractivity contribution in [3.63, 3.8) is 0 Å². The summed E-state index contributed by atoms with van der Waals surface area (Å²) in [7, 11) is 0. The van der Waals surface area contributed by atoms with Gasteiger partial charge in [0.15, 0.2) is 0 Å². The van der Waals surface area contributed by atoms with Gasteiger partial charge in [-0.15, -0.1) is 0 Å². The molecule has 0 rings (SSSR count). The first-order chi connectivity index (χ1) is 7.02. The summed E-state index contributed by atoms with van der Waals surface area (Å²) in [5.41, 5.74) is 0. The number of aliphatic hydroxyl groups is 1. The summed E-state index contributed by atoms with van der Waals surface area (Å²) in [5.74, 6) is -0.224. The van der Waals surface area contributed by atoms with Gasteiger partial charge < -0.3 is 9.84 Å². The normalized spacial score (nSPS) is 15.1. The highest BCUT2D eigenvalue weighted by molar-refractivity contribution is 5.71. The summed E-state index contributed by atoms with van der Waals surface area (Å²) in [6, 6.07) is -0.0191. The topological polar surface area (TPSA) is 49.8 Å². The number of hydrogen-bond donors (Lipinski definition) is 1. The molecule has 0 heterocycles. The van der Waals surface area contributed by atoms with Gasteiger partial charge in [-0.3, -0.25) is 9.69 Å². The van der Waals surface area contributed by atoms with E-state index in [4.69, 9.17) is 4.74 Å². The fraction of sp³-hybridized carbons (Fsp3) is 0.909. The zero-order chi connectivity index (χ0) is 11.8. The van der Waals surface area contributed by atoms with Gasteiger partial charge in [-0.1, -0.05) is 6.92 Å². The molecule has 1 N–H and O–H groups in total. The maximum atomic E-state index is 11.3. The van der Waals surface area contributed by atoms with E-state index in [1.807, 2.05) is 18.7 Å². The van der Waals surface area contributed by atoms with Crippen molar-refractivity contribution < 1.29 is 14.6 Å². The third-order valence-electron chi connectivity index (χ3n) is 2.42. The second kappa shape index (κ2) is 7.65. The molecule has 4 heteroatoms. The predicted octanol–water partition coefficient (Wildman–Crippen LogP) is 1.03. The average Bonchev–Trinajstić information content (AvgIpc) is 2.16. The van der Waals surface area contributed by atoms with E-state index in [0.29, 0.717) is 6.61 Å². The lowest BCUT2D eigenvalue weighted by molar-refractivity contribution is -0.145. The number of esters is 1. The molecule has 0 aromatic heterocycles. The molecular weight excluding hydrogens is 194 g/mol. The standard InChI is InChI=1S/C11H23NO3/c1-5-7-12(9(3)10(4)13)8-11(14)15-6-2/h9-10,13H,5-8H2,1-4H3. The summed E-state index contributed by atoms with van der Waals surface area (Å²) >= 11 is 0. The Hall–Kier alpha value is -0.610. The molecule has 0 bridgehead atoms. The molecule has 0 saturated heterocycles. The van der Waals surface area contributed by atoms with Crippen molar-refractivity contribution in [3.05, 3.63) is 0 Å². The fourth-order valence-electron chi connectivity index (χ4n) is 1.39. The third-order valence-corrected chi connectivity index (χ3v) is 2.42. The monoisotopic (exact) mass is 217 g/mol. The van der Waals surface area contributed by atoms with Gasteiger partial charge in [-0.2, -0.15) is 0 Å². The Bertz CT molecular complexity index is 183. The van der Waals surface area contributed by atoms with Gasteiger partial charge in [0, 0.05) is 6.04 Å². The van der Waals surface area contributed by atoms with Gasteiger partial charge >= 0.3 is 5.97 Å². The van der Waals surface area contributed by atoms with Crippen LogP contribution < -0.4 is 0 Å². The molecule has 0 saturated carbocycles. The maximum absolute atomic E-state index is 11.3. The number of ether oxygens (including phenoxy) is 1. The third kappa shape index (κ3) is 5.74. The zero-order valence-electron chi connectivity index (χ0n) is 10.2. The highest BCUT2D eigenvalue weighted by Crippen LogP contribution is 2.05. The van der Waals surface area contributed by atoms with Gasteiger partial charge in [0.05, 0.1) is 19.3 Å². The lowest BCUT2D eigenvalue weighted by Crippen LogP contribution is -2.44. The molecule has 2 atom stereocenters. The van der Waals surface area contributed by atoms with Crippen molar-refractivity contribution >= 4 is 5.97 Å². The van der Waals surface area contributed by atoms with Crippen LogP contribution in [0.1, 0.15) is 34.1 Å². The van der Waals surface area contributed by atoms with E-state index < -0.39 is 6.10 Å². The molecule has 0 aliphatic rings. The molecule has 0 fully saturated rings. The predicted molar refractivity (Wildman–Crippen MR) is 59.6 cm³/mol. The van der Waals surface area contributed by atoms with Gasteiger partial charge in [-0.05, 0) is 33.7 Å². The molecule has 4 nitrogen and oxygen atoms in total. The van der Waals surface area contributed by atoms with Crippen LogP contribution in [-0.4, -0.2) is 47.8 Å². The summed E-state index contributed by atoms with van der Waals surface area (Å²) in [6.07, 6.45) is 0.516. The summed E-state index contributed by atoms with van der Waals surface area (Å²) in [4.78, 5) is 13.3. The summed E-state index contributed by atoms with van der Waals surface area (Å²) in [6.45, 7) is 8.95. The van der Waals surface area contributed by atoms with Crippen LogP contribution in [0.5, 0.6) is 0 Å². The Morgan fingerprint density at radius 1 is 1.40 bits per heavy atom. The molecule has 0 spiro atoms. The van der Waals surface area contributed by atoms with Crippen LogP contribution in [0, 0.1) is 0 Å². The first-order valence-corrected chi connectivity index (χ1v) is 5.60. The quantitative estimate of drug-likeness (QED) is 0.647. The smallest absolute Gasteiger partial charge is 0.320 e. The first-order valence-electron chi connectivity index (χ1n) is 5.60. The first kappa shape index (κ1) is 14.4. The molecule has 0 aliphatic carbocycles. The maximum Gasteiger partial charge on any atom is 0.320 e.